The van der Waals surface area contributed by atoms with Crippen LogP contribution in [0.3, 0.4) is 0 Å². The Labute approximate surface area is 174 Å². The SMILES string of the molecule is C=CCCCCN1[C@@H](C(=O)OC(C)(C)C)C[C@H]2CCCC3(SCCCS3)[C@H]21. The number of hydrogen-bond donors (Lipinski definition) is 0. The van der Waals surface area contributed by atoms with Crippen molar-refractivity contribution in [3.05, 3.63) is 12.7 Å². The number of esters is 1. The van der Waals surface area contributed by atoms with E-state index in [1.807, 2.05) is 26.8 Å². The number of hydrogen-bond acceptors (Lipinski definition) is 5. The van der Waals surface area contributed by atoms with Crippen molar-refractivity contribution in [3.8, 4) is 0 Å². The minimum Gasteiger partial charge on any atom is -0.459 e. The highest BCUT2D eigenvalue weighted by Gasteiger charge is 2.57. The molecule has 3 atom stereocenters. The highest BCUT2D eigenvalue weighted by Crippen LogP contribution is 2.58. The summed E-state index contributed by atoms with van der Waals surface area (Å²) in [6.45, 7) is 10.8. The molecule has 0 amide bonds. The van der Waals surface area contributed by atoms with Crippen molar-refractivity contribution in [2.24, 2.45) is 5.92 Å². The summed E-state index contributed by atoms with van der Waals surface area (Å²) in [5.74, 6) is 3.20. The third-order valence-corrected chi connectivity index (χ3v) is 9.58. The molecule has 1 spiro atoms. The number of allylic oxidation sites excluding steroid dienone is 1. The number of rotatable bonds is 6. The third kappa shape index (κ3) is 5.08. The Balaban J connectivity index is 1.81. The van der Waals surface area contributed by atoms with Crippen molar-refractivity contribution in [1.82, 2.24) is 4.90 Å². The number of nitrogens with zero attached hydrogens (tertiary/aromatic N) is 1. The predicted molar refractivity (Wildman–Crippen MR) is 118 cm³/mol. The lowest BCUT2D eigenvalue weighted by Crippen LogP contribution is -2.55. The largest absolute Gasteiger partial charge is 0.459 e. The standard InChI is InChI=1S/C22H37NO2S2/c1-5-6-7-8-13-23-18(20(24)25-21(2,3)4)16-17-11-9-12-22(19(17)23)26-14-10-15-27-22/h5,17-19H,1,6-16H2,2-4H3/t17-,18-,19+/m1/s1. The molecule has 3 fully saturated rings. The van der Waals surface area contributed by atoms with Crippen molar-refractivity contribution in [2.45, 2.75) is 93.9 Å². The van der Waals surface area contributed by atoms with Crippen molar-refractivity contribution in [1.29, 1.82) is 0 Å². The minimum absolute atomic E-state index is 0.00146. The summed E-state index contributed by atoms with van der Waals surface area (Å²) in [7, 11) is 0. The fraction of sp³-hybridized carbons (Fsp3) is 0.864. The van der Waals surface area contributed by atoms with E-state index >= 15 is 0 Å². The molecule has 0 radical (unpaired) electrons. The molecule has 27 heavy (non-hydrogen) atoms. The summed E-state index contributed by atoms with van der Waals surface area (Å²) in [4.78, 5) is 15.7. The molecule has 0 bridgehead atoms. The second kappa shape index (κ2) is 9.13. The summed E-state index contributed by atoms with van der Waals surface area (Å²) in [5.41, 5.74) is -0.411. The van der Waals surface area contributed by atoms with Gasteiger partial charge in [0, 0.05) is 6.04 Å². The van der Waals surface area contributed by atoms with Crippen LogP contribution < -0.4 is 0 Å². The highest BCUT2D eigenvalue weighted by molar-refractivity contribution is 8.18. The van der Waals surface area contributed by atoms with Gasteiger partial charge in [-0.1, -0.05) is 12.5 Å². The second-order valence-corrected chi connectivity index (χ2v) is 12.4. The smallest absolute Gasteiger partial charge is 0.323 e. The quantitative estimate of drug-likeness (QED) is 0.327. The lowest BCUT2D eigenvalue weighted by Gasteiger charge is -2.50. The summed E-state index contributed by atoms with van der Waals surface area (Å²) >= 11 is 4.38. The van der Waals surface area contributed by atoms with Gasteiger partial charge in [-0.15, -0.1) is 30.1 Å². The molecule has 3 nitrogen and oxygen atoms in total. The zero-order chi connectivity index (χ0) is 19.5. The number of ether oxygens (including phenoxy) is 1. The first kappa shape index (κ1) is 21.6. The van der Waals surface area contributed by atoms with E-state index < -0.39 is 5.60 Å². The Kier molecular flexibility index (Phi) is 7.29. The van der Waals surface area contributed by atoms with Crippen LogP contribution in [0.1, 0.15) is 72.1 Å². The Bertz CT molecular complexity index is 519. The van der Waals surface area contributed by atoms with Gasteiger partial charge in [0.15, 0.2) is 0 Å². The monoisotopic (exact) mass is 411 g/mol. The molecule has 2 saturated heterocycles. The van der Waals surface area contributed by atoms with Gasteiger partial charge in [-0.05, 0) is 89.7 Å². The van der Waals surface area contributed by atoms with Crippen LogP contribution >= 0.6 is 23.5 Å². The maximum atomic E-state index is 13.1. The van der Waals surface area contributed by atoms with Crippen LogP contribution in [0.5, 0.6) is 0 Å². The molecule has 0 aromatic carbocycles. The van der Waals surface area contributed by atoms with Gasteiger partial charge in [0.25, 0.3) is 0 Å². The molecular formula is C22H37NO2S2. The Morgan fingerprint density at radius 3 is 2.67 bits per heavy atom. The Hall–Kier alpha value is -0.130. The molecule has 0 aromatic rings. The maximum Gasteiger partial charge on any atom is 0.323 e. The van der Waals surface area contributed by atoms with Crippen molar-refractivity contribution >= 4 is 29.5 Å². The first-order valence-corrected chi connectivity index (χ1v) is 12.7. The number of likely N-dealkylation sites (tertiary alicyclic amines) is 1. The van der Waals surface area contributed by atoms with Gasteiger partial charge in [-0.3, -0.25) is 9.69 Å². The molecule has 3 aliphatic rings. The molecule has 5 heteroatoms. The molecule has 0 N–H and O–H groups in total. The van der Waals surface area contributed by atoms with E-state index in [1.165, 1.54) is 37.2 Å². The topological polar surface area (TPSA) is 29.5 Å². The average Bonchev–Trinajstić information content (AvgIpc) is 2.99. The van der Waals surface area contributed by atoms with Crippen LogP contribution in [0.4, 0.5) is 0 Å². The van der Waals surface area contributed by atoms with Gasteiger partial charge in [0.2, 0.25) is 0 Å². The molecule has 1 saturated carbocycles. The van der Waals surface area contributed by atoms with E-state index in [1.54, 1.807) is 0 Å². The molecule has 154 valence electrons. The summed E-state index contributed by atoms with van der Waals surface area (Å²) < 4.78 is 6.15. The summed E-state index contributed by atoms with van der Waals surface area (Å²) in [6, 6.07) is 0.476. The van der Waals surface area contributed by atoms with Crippen LogP contribution in [-0.2, 0) is 9.53 Å². The molecule has 0 unspecified atom stereocenters. The maximum absolute atomic E-state index is 13.1. The van der Waals surface area contributed by atoms with E-state index in [0.29, 0.717) is 16.0 Å². The van der Waals surface area contributed by atoms with Gasteiger partial charge in [0.1, 0.15) is 11.6 Å². The summed E-state index contributed by atoms with van der Waals surface area (Å²) in [5, 5.41) is 0. The minimum atomic E-state index is -0.411. The normalized spacial score (nSPS) is 30.9. The van der Waals surface area contributed by atoms with Crippen molar-refractivity contribution in [3.63, 3.8) is 0 Å². The lowest BCUT2D eigenvalue weighted by atomic mass is 9.83. The van der Waals surface area contributed by atoms with E-state index in [9.17, 15) is 4.79 Å². The third-order valence-electron chi connectivity index (χ3n) is 6.02. The van der Waals surface area contributed by atoms with E-state index in [-0.39, 0.29) is 12.0 Å². The Morgan fingerprint density at radius 1 is 1.26 bits per heavy atom. The number of unbranched alkanes of at least 4 members (excludes halogenated alkanes) is 2. The van der Waals surface area contributed by atoms with Gasteiger partial charge >= 0.3 is 5.97 Å². The molecule has 2 heterocycles. The van der Waals surface area contributed by atoms with E-state index in [0.717, 1.165) is 32.2 Å². The van der Waals surface area contributed by atoms with Crippen LogP contribution in [-0.4, -0.2) is 50.7 Å². The zero-order valence-corrected chi connectivity index (χ0v) is 19.0. The fourth-order valence-electron chi connectivity index (χ4n) is 5.05. The molecule has 3 rings (SSSR count). The Morgan fingerprint density at radius 2 is 2.00 bits per heavy atom. The van der Waals surface area contributed by atoms with Gasteiger partial charge < -0.3 is 4.74 Å². The molecule has 0 aromatic heterocycles. The molecule has 2 aliphatic heterocycles. The van der Waals surface area contributed by atoms with E-state index in [4.69, 9.17) is 4.74 Å². The van der Waals surface area contributed by atoms with E-state index in [2.05, 4.69) is 35.0 Å². The fourth-order valence-corrected chi connectivity index (χ4v) is 8.91. The van der Waals surface area contributed by atoms with Crippen LogP contribution in [0.15, 0.2) is 12.7 Å². The van der Waals surface area contributed by atoms with Crippen LogP contribution in [0, 0.1) is 5.92 Å². The number of thioether (sulfide) groups is 2. The number of carbonyl (C=O) groups excluding carboxylic acids is 1. The first-order valence-electron chi connectivity index (χ1n) is 10.7. The average molecular weight is 412 g/mol. The lowest BCUT2D eigenvalue weighted by molar-refractivity contribution is -0.160. The van der Waals surface area contributed by atoms with Crippen molar-refractivity contribution in [2.75, 3.05) is 18.1 Å². The highest BCUT2D eigenvalue weighted by atomic mass is 32.2. The second-order valence-electron chi connectivity index (χ2n) is 9.27. The summed E-state index contributed by atoms with van der Waals surface area (Å²) in [6.07, 6.45) is 11.6. The van der Waals surface area contributed by atoms with Crippen LogP contribution in [0.2, 0.25) is 0 Å². The zero-order valence-electron chi connectivity index (χ0n) is 17.4. The predicted octanol–water partition coefficient (Wildman–Crippen LogP) is 5.49. The molecule has 1 aliphatic carbocycles. The first-order chi connectivity index (χ1) is 12.9. The van der Waals surface area contributed by atoms with Crippen LogP contribution in [0.25, 0.3) is 0 Å². The number of fused-ring (bicyclic) bond motifs is 2. The van der Waals surface area contributed by atoms with Gasteiger partial charge in [-0.2, -0.15) is 0 Å². The van der Waals surface area contributed by atoms with Gasteiger partial charge in [0.05, 0.1) is 4.08 Å². The van der Waals surface area contributed by atoms with Gasteiger partial charge in [-0.25, -0.2) is 0 Å². The van der Waals surface area contributed by atoms with Crippen molar-refractivity contribution < 1.29 is 9.53 Å². The molecular weight excluding hydrogens is 374 g/mol. The number of carbonyl (C=O) groups is 1.